The predicted octanol–water partition coefficient (Wildman–Crippen LogP) is 1.20. The number of aliphatic hydroxyl groups excluding tert-OH is 1. The maximum absolute atomic E-state index is 9.81. The first-order valence-electron chi connectivity index (χ1n) is 5.46. The van der Waals surface area contributed by atoms with Crippen LogP contribution in [0.4, 0.5) is 0 Å². The zero-order valence-electron chi connectivity index (χ0n) is 8.90. The van der Waals surface area contributed by atoms with Gasteiger partial charge in [0.2, 0.25) is 0 Å². The molecule has 1 saturated heterocycles. The van der Waals surface area contributed by atoms with Crippen molar-refractivity contribution < 1.29 is 5.11 Å². The zero-order valence-corrected chi connectivity index (χ0v) is 8.90. The molecule has 76 valence electrons. The third-order valence-corrected chi connectivity index (χ3v) is 4.20. The number of rotatable bonds is 0. The molecule has 5 atom stereocenters. The minimum absolute atomic E-state index is 0.0380. The maximum atomic E-state index is 9.81. The van der Waals surface area contributed by atoms with E-state index in [2.05, 4.69) is 25.8 Å². The standard InChI is InChI=1S/C11H21NO/c1-7-5-12(3)6-10-8(2)11(13)4-9(7)10/h7-11,13H,4-6H2,1-3H3/t7-,8+,9+,10+,11-/m0/s1. The normalized spacial score (nSPS) is 52.2. The summed E-state index contributed by atoms with van der Waals surface area (Å²) in [5, 5.41) is 9.81. The molecule has 0 aromatic carbocycles. The molecule has 0 bridgehead atoms. The average molecular weight is 183 g/mol. The molecule has 13 heavy (non-hydrogen) atoms. The second-order valence-corrected chi connectivity index (χ2v) is 5.19. The Labute approximate surface area is 80.9 Å². The third-order valence-electron chi connectivity index (χ3n) is 4.20. The third kappa shape index (κ3) is 1.50. The van der Waals surface area contributed by atoms with E-state index in [0.717, 1.165) is 24.2 Å². The van der Waals surface area contributed by atoms with Crippen LogP contribution in [0.2, 0.25) is 0 Å². The number of likely N-dealkylation sites (tertiary alicyclic amines) is 1. The topological polar surface area (TPSA) is 23.5 Å². The summed E-state index contributed by atoms with van der Waals surface area (Å²) < 4.78 is 0. The lowest BCUT2D eigenvalue weighted by atomic mass is 9.79. The molecular formula is C11H21NO. The number of aliphatic hydroxyl groups is 1. The van der Waals surface area contributed by atoms with E-state index in [0.29, 0.717) is 5.92 Å². The van der Waals surface area contributed by atoms with Gasteiger partial charge in [-0.25, -0.2) is 0 Å². The second kappa shape index (κ2) is 3.25. The molecule has 0 spiro atoms. The van der Waals surface area contributed by atoms with Crippen molar-refractivity contribution in [3.05, 3.63) is 0 Å². The van der Waals surface area contributed by atoms with Gasteiger partial charge in [-0.3, -0.25) is 0 Å². The summed E-state index contributed by atoms with van der Waals surface area (Å²) >= 11 is 0. The lowest BCUT2D eigenvalue weighted by Crippen LogP contribution is -2.42. The summed E-state index contributed by atoms with van der Waals surface area (Å²) in [4.78, 5) is 2.42. The van der Waals surface area contributed by atoms with Crippen molar-refractivity contribution in [2.24, 2.45) is 23.7 Å². The predicted molar refractivity (Wildman–Crippen MR) is 53.4 cm³/mol. The van der Waals surface area contributed by atoms with Crippen LogP contribution in [0, 0.1) is 23.7 Å². The molecule has 2 fully saturated rings. The highest BCUT2D eigenvalue weighted by atomic mass is 16.3. The van der Waals surface area contributed by atoms with Crippen LogP contribution in [-0.4, -0.2) is 36.2 Å². The number of hydrogen-bond donors (Lipinski definition) is 1. The van der Waals surface area contributed by atoms with Crippen LogP contribution in [0.5, 0.6) is 0 Å². The van der Waals surface area contributed by atoms with Gasteiger partial charge in [-0.1, -0.05) is 13.8 Å². The SMILES string of the molecule is C[C@@H]1[C@H]2CN(C)C[C@H](C)[C@H]2C[C@@H]1O. The molecule has 1 aliphatic heterocycles. The minimum atomic E-state index is -0.0380. The highest BCUT2D eigenvalue weighted by Gasteiger charge is 2.44. The van der Waals surface area contributed by atoms with E-state index in [4.69, 9.17) is 0 Å². The summed E-state index contributed by atoms with van der Waals surface area (Å²) in [5.41, 5.74) is 0. The average Bonchev–Trinajstić information content (AvgIpc) is 2.32. The Kier molecular flexibility index (Phi) is 2.37. The van der Waals surface area contributed by atoms with Crippen molar-refractivity contribution in [2.75, 3.05) is 20.1 Å². The van der Waals surface area contributed by atoms with Crippen LogP contribution < -0.4 is 0 Å². The van der Waals surface area contributed by atoms with E-state index in [1.54, 1.807) is 0 Å². The van der Waals surface area contributed by atoms with Gasteiger partial charge in [-0.05, 0) is 37.1 Å². The van der Waals surface area contributed by atoms with Crippen molar-refractivity contribution >= 4 is 0 Å². The Morgan fingerprint density at radius 1 is 1.15 bits per heavy atom. The van der Waals surface area contributed by atoms with E-state index >= 15 is 0 Å². The molecule has 2 aliphatic rings. The monoisotopic (exact) mass is 183 g/mol. The molecule has 1 N–H and O–H groups in total. The van der Waals surface area contributed by atoms with E-state index in [1.807, 2.05) is 0 Å². The van der Waals surface area contributed by atoms with Crippen LogP contribution in [0.3, 0.4) is 0 Å². The van der Waals surface area contributed by atoms with Crippen molar-refractivity contribution in [3.63, 3.8) is 0 Å². The van der Waals surface area contributed by atoms with Gasteiger partial charge in [0.15, 0.2) is 0 Å². The molecule has 2 nitrogen and oxygen atoms in total. The smallest absolute Gasteiger partial charge is 0.0571 e. The van der Waals surface area contributed by atoms with Gasteiger partial charge in [-0.15, -0.1) is 0 Å². The van der Waals surface area contributed by atoms with Gasteiger partial charge in [0.05, 0.1) is 6.10 Å². The van der Waals surface area contributed by atoms with Crippen LogP contribution in [0.15, 0.2) is 0 Å². The molecule has 0 amide bonds. The molecule has 2 rings (SSSR count). The molecule has 1 heterocycles. The summed E-state index contributed by atoms with van der Waals surface area (Å²) in [6, 6.07) is 0. The first-order valence-corrected chi connectivity index (χ1v) is 5.46. The summed E-state index contributed by atoms with van der Waals surface area (Å²) in [7, 11) is 2.20. The van der Waals surface area contributed by atoms with E-state index in [1.165, 1.54) is 13.1 Å². The Morgan fingerprint density at radius 3 is 2.54 bits per heavy atom. The second-order valence-electron chi connectivity index (χ2n) is 5.19. The Morgan fingerprint density at radius 2 is 1.85 bits per heavy atom. The van der Waals surface area contributed by atoms with Crippen LogP contribution >= 0.6 is 0 Å². The van der Waals surface area contributed by atoms with Gasteiger partial charge in [-0.2, -0.15) is 0 Å². The van der Waals surface area contributed by atoms with Crippen LogP contribution in [0.1, 0.15) is 20.3 Å². The molecule has 0 aromatic heterocycles. The summed E-state index contributed by atoms with van der Waals surface area (Å²) in [6.07, 6.45) is 1.00. The van der Waals surface area contributed by atoms with Crippen LogP contribution in [-0.2, 0) is 0 Å². The lowest BCUT2D eigenvalue weighted by molar-refractivity contribution is 0.0850. The molecule has 0 radical (unpaired) electrons. The fourth-order valence-electron chi connectivity index (χ4n) is 3.36. The van der Waals surface area contributed by atoms with Gasteiger partial charge < -0.3 is 10.0 Å². The fourth-order valence-corrected chi connectivity index (χ4v) is 3.36. The Balaban J connectivity index is 2.12. The van der Waals surface area contributed by atoms with Crippen molar-refractivity contribution in [1.82, 2.24) is 4.90 Å². The van der Waals surface area contributed by atoms with E-state index in [9.17, 15) is 5.11 Å². The first-order chi connectivity index (χ1) is 6.09. The zero-order chi connectivity index (χ0) is 9.59. The Bertz CT molecular complexity index is 195. The molecule has 0 unspecified atom stereocenters. The number of fused-ring (bicyclic) bond motifs is 1. The molecule has 0 aromatic rings. The number of piperidine rings is 1. The van der Waals surface area contributed by atoms with E-state index < -0.39 is 0 Å². The first kappa shape index (κ1) is 9.47. The quantitative estimate of drug-likeness (QED) is 0.610. The highest BCUT2D eigenvalue weighted by Crippen LogP contribution is 2.44. The summed E-state index contributed by atoms with van der Waals surface area (Å²) in [6.45, 7) is 6.94. The Hall–Kier alpha value is -0.0800. The van der Waals surface area contributed by atoms with Crippen LogP contribution in [0.25, 0.3) is 0 Å². The van der Waals surface area contributed by atoms with Gasteiger partial charge >= 0.3 is 0 Å². The lowest BCUT2D eigenvalue weighted by Gasteiger charge is -2.38. The minimum Gasteiger partial charge on any atom is -0.393 e. The van der Waals surface area contributed by atoms with Gasteiger partial charge in [0, 0.05) is 13.1 Å². The molecule has 2 heteroatoms. The summed E-state index contributed by atoms with van der Waals surface area (Å²) in [5.74, 6) is 2.79. The number of hydrogen-bond acceptors (Lipinski definition) is 2. The molecule has 1 aliphatic carbocycles. The number of nitrogens with zero attached hydrogens (tertiary/aromatic N) is 1. The van der Waals surface area contributed by atoms with Gasteiger partial charge in [0.1, 0.15) is 0 Å². The highest BCUT2D eigenvalue weighted by molar-refractivity contribution is 4.95. The molecule has 1 saturated carbocycles. The fraction of sp³-hybridized carbons (Fsp3) is 1.00. The molecular weight excluding hydrogens is 162 g/mol. The maximum Gasteiger partial charge on any atom is 0.0571 e. The van der Waals surface area contributed by atoms with Crippen molar-refractivity contribution in [2.45, 2.75) is 26.4 Å². The van der Waals surface area contributed by atoms with Crippen molar-refractivity contribution in [3.8, 4) is 0 Å². The van der Waals surface area contributed by atoms with Crippen molar-refractivity contribution in [1.29, 1.82) is 0 Å². The largest absolute Gasteiger partial charge is 0.393 e. The van der Waals surface area contributed by atoms with E-state index in [-0.39, 0.29) is 6.10 Å². The van der Waals surface area contributed by atoms with Gasteiger partial charge in [0.25, 0.3) is 0 Å².